The van der Waals surface area contributed by atoms with Crippen LogP contribution in [0.5, 0.6) is 5.75 Å². The molecule has 1 aliphatic carbocycles. The van der Waals surface area contributed by atoms with Crippen LogP contribution in [0.3, 0.4) is 0 Å². The van der Waals surface area contributed by atoms with E-state index in [1.807, 2.05) is 27.7 Å². The zero-order chi connectivity index (χ0) is 20.7. The van der Waals surface area contributed by atoms with Crippen molar-refractivity contribution in [3.8, 4) is 5.75 Å². The molecule has 0 saturated heterocycles. The van der Waals surface area contributed by atoms with Gasteiger partial charge in [-0.1, -0.05) is 31.5 Å². The number of hydrogen-bond donors (Lipinski definition) is 1. The molecular weight excluding hydrogens is 384 g/mol. The standard InChI is InChI=1S/C22H24ClF2NO2/c1-13-7-16(8-14(2)20(13)23)28-10-19(27)26-12-22(11-21(22,3)4)17-6-5-15(24)9-18(17)25/h5-9H,10-12H2,1-4H3,(H,26,27). The highest BCUT2D eigenvalue weighted by Crippen LogP contribution is 2.64. The Morgan fingerprint density at radius 3 is 2.32 bits per heavy atom. The molecule has 1 aliphatic rings. The molecular formula is C22H24ClF2NO2. The Labute approximate surface area is 169 Å². The number of rotatable bonds is 6. The summed E-state index contributed by atoms with van der Waals surface area (Å²) in [5.74, 6) is -0.917. The van der Waals surface area contributed by atoms with Gasteiger partial charge in [0.25, 0.3) is 5.91 Å². The monoisotopic (exact) mass is 407 g/mol. The first-order valence-corrected chi connectivity index (χ1v) is 9.55. The third kappa shape index (κ3) is 3.86. The minimum atomic E-state index is -0.610. The summed E-state index contributed by atoms with van der Waals surface area (Å²) in [6.07, 6.45) is 0.708. The van der Waals surface area contributed by atoms with Gasteiger partial charge in [-0.3, -0.25) is 4.79 Å². The van der Waals surface area contributed by atoms with Gasteiger partial charge in [0.05, 0.1) is 0 Å². The lowest BCUT2D eigenvalue weighted by atomic mass is 9.87. The maximum atomic E-state index is 14.3. The highest BCUT2D eigenvalue weighted by atomic mass is 35.5. The van der Waals surface area contributed by atoms with Crippen LogP contribution in [0.15, 0.2) is 30.3 Å². The Hall–Kier alpha value is -2.14. The third-order valence-electron chi connectivity index (χ3n) is 5.73. The van der Waals surface area contributed by atoms with E-state index < -0.39 is 17.0 Å². The van der Waals surface area contributed by atoms with E-state index in [-0.39, 0.29) is 24.5 Å². The number of amides is 1. The van der Waals surface area contributed by atoms with Gasteiger partial charge >= 0.3 is 0 Å². The maximum Gasteiger partial charge on any atom is 0.257 e. The Morgan fingerprint density at radius 1 is 1.18 bits per heavy atom. The summed E-state index contributed by atoms with van der Waals surface area (Å²) >= 11 is 6.14. The van der Waals surface area contributed by atoms with E-state index >= 15 is 0 Å². The maximum absolute atomic E-state index is 14.3. The lowest BCUT2D eigenvalue weighted by molar-refractivity contribution is -0.123. The van der Waals surface area contributed by atoms with Gasteiger partial charge in [-0.15, -0.1) is 0 Å². The van der Waals surface area contributed by atoms with Crippen molar-refractivity contribution in [3.05, 3.63) is 63.7 Å². The lowest BCUT2D eigenvalue weighted by Gasteiger charge is -2.22. The molecule has 0 aliphatic heterocycles. The largest absolute Gasteiger partial charge is 0.484 e. The molecule has 2 aromatic rings. The van der Waals surface area contributed by atoms with Crippen LogP contribution in [-0.2, 0) is 10.2 Å². The van der Waals surface area contributed by atoms with Crippen molar-refractivity contribution in [2.24, 2.45) is 5.41 Å². The van der Waals surface area contributed by atoms with E-state index in [9.17, 15) is 13.6 Å². The second-order valence-electron chi connectivity index (χ2n) is 8.20. The van der Waals surface area contributed by atoms with Crippen LogP contribution >= 0.6 is 11.6 Å². The SMILES string of the molecule is Cc1cc(OCC(=O)NCC2(c3ccc(F)cc3F)CC2(C)C)cc(C)c1Cl. The molecule has 0 spiro atoms. The summed E-state index contributed by atoms with van der Waals surface area (Å²) in [6, 6.07) is 7.18. The minimum Gasteiger partial charge on any atom is -0.484 e. The van der Waals surface area contributed by atoms with E-state index in [1.54, 1.807) is 12.1 Å². The molecule has 6 heteroatoms. The predicted molar refractivity (Wildman–Crippen MR) is 106 cm³/mol. The third-order valence-corrected chi connectivity index (χ3v) is 6.32. The molecule has 0 heterocycles. The van der Waals surface area contributed by atoms with Gasteiger partial charge in [-0.05, 0) is 60.6 Å². The van der Waals surface area contributed by atoms with Crippen LogP contribution in [0.1, 0.15) is 37.0 Å². The number of ether oxygens (including phenoxy) is 1. The fourth-order valence-corrected chi connectivity index (χ4v) is 3.99. The van der Waals surface area contributed by atoms with Gasteiger partial charge < -0.3 is 10.1 Å². The van der Waals surface area contributed by atoms with Gasteiger partial charge in [0.1, 0.15) is 17.4 Å². The van der Waals surface area contributed by atoms with Crippen LogP contribution in [0.25, 0.3) is 0 Å². The normalized spacial score (nSPS) is 20.0. The van der Waals surface area contributed by atoms with Crippen molar-refractivity contribution in [2.75, 3.05) is 13.2 Å². The zero-order valence-corrected chi connectivity index (χ0v) is 17.2. The average Bonchev–Trinajstić information content (AvgIpc) is 3.17. The Morgan fingerprint density at radius 2 is 1.79 bits per heavy atom. The van der Waals surface area contributed by atoms with Gasteiger partial charge in [-0.25, -0.2) is 8.78 Å². The summed E-state index contributed by atoms with van der Waals surface area (Å²) < 4.78 is 33.2. The lowest BCUT2D eigenvalue weighted by Crippen LogP contribution is -2.37. The number of hydrogen-bond acceptors (Lipinski definition) is 2. The van der Waals surface area contributed by atoms with Crippen LogP contribution in [-0.4, -0.2) is 19.1 Å². The molecule has 2 aromatic carbocycles. The highest BCUT2D eigenvalue weighted by Gasteiger charge is 2.62. The first kappa shape index (κ1) is 20.6. The van der Waals surface area contributed by atoms with Crippen molar-refractivity contribution in [1.82, 2.24) is 5.32 Å². The van der Waals surface area contributed by atoms with Crippen molar-refractivity contribution in [2.45, 2.75) is 39.5 Å². The van der Waals surface area contributed by atoms with E-state index in [0.717, 1.165) is 17.2 Å². The first-order chi connectivity index (χ1) is 13.1. The molecule has 0 aromatic heterocycles. The molecule has 1 saturated carbocycles. The molecule has 3 nitrogen and oxygen atoms in total. The fourth-order valence-electron chi connectivity index (χ4n) is 3.88. The van der Waals surface area contributed by atoms with Gasteiger partial charge in [0, 0.05) is 23.0 Å². The molecule has 1 atom stereocenters. The van der Waals surface area contributed by atoms with Crippen molar-refractivity contribution >= 4 is 17.5 Å². The summed E-state index contributed by atoms with van der Waals surface area (Å²) in [5, 5.41) is 3.52. The number of nitrogens with one attached hydrogen (secondary N) is 1. The number of carbonyl (C=O) groups is 1. The molecule has 3 rings (SSSR count). The van der Waals surface area contributed by atoms with Gasteiger partial charge in [0.2, 0.25) is 0 Å². The number of carbonyl (C=O) groups excluding carboxylic acids is 1. The van der Waals surface area contributed by atoms with E-state index in [1.165, 1.54) is 12.1 Å². The molecule has 0 radical (unpaired) electrons. The molecule has 1 amide bonds. The molecule has 1 N–H and O–H groups in total. The predicted octanol–water partition coefficient (Wildman–Crippen LogP) is 5.10. The van der Waals surface area contributed by atoms with Crippen molar-refractivity contribution in [3.63, 3.8) is 0 Å². The Bertz CT molecular complexity index is 906. The summed E-state index contributed by atoms with van der Waals surface area (Å²) in [4.78, 5) is 12.3. The Balaban J connectivity index is 1.64. The van der Waals surface area contributed by atoms with E-state index in [4.69, 9.17) is 16.3 Å². The van der Waals surface area contributed by atoms with Crippen molar-refractivity contribution in [1.29, 1.82) is 0 Å². The summed E-state index contributed by atoms with van der Waals surface area (Å²) in [5.41, 5.74) is 1.45. The summed E-state index contributed by atoms with van der Waals surface area (Å²) in [7, 11) is 0. The van der Waals surface area contributed by atoms with Gasteiger partial charge in [0.15, 0.2) is 6.61 Å². The van der Waals surface area contributed by atoms with Gasteiger partial charge in [-0.2, -0.15) is 0 Å². The van der Waals surface area contributed by atoms with Crippen LogP contribution < -0.4 is 10.1 Å². The molecule has 1 unspecified atom stereocenters. The Kier molecular flexibility index (Phi) is 5.41. The quantitative estimate of drug-likeness (QED) is 0.723. The smallest absolute Gasteiger partial charge is 0.257 e. The van der Waals surface area contributed by atoms with E-state index in [2.05, 4.69) is 5.32 Å². The summed E-state index contributed by atoms with van der Waals surface area (Å²) in [6.45, 7) is 7.89. The number of halogens is 3. The number of benzene rings is 2. The van der Waals surface area contributed by atoms with E-state index in [0.29, 0.717) is 22.8 Å². The molecule has 28 heavy (non-hydrogen) atoms. The highest BCUT2D eigenvalue weighted by molar-refractivity contribution is 6.32. The fraction of sp³-hybridized carbons (Fsp3) is 0.409. The zero-order valence-electron chi connectivity index (χ0n) is 16.5. The molecule has 1 fully saturated rings. The average molecular weight is 408 g/mol. The molecule has 150 valence electrons. The van der Waals surface area contributed by atoms with Crippen LogP contribution in [0.2, 0.25) is 5.02 Å². The van der Waals surface area contributed by atoms with Crippen molar-refractivity contribution < 1.29 is 18.3 Å². The topological polar surface area (TPSA) is 38.3 Å². The first-order valence-electron chi connectivity index (χ1n) is 9.17. The number of aryl methyl sites for hydroxylation is 2. The second kappa shape index (κ2) is 7.36. The van der Waals surface area contributed by atoms with Crippen LogP contribution in [0, 0.1) is 30.9 Å². The molecule has 0 bridgehead atoms. The second-order valence-corrected chi connectivity index (χ2v) is 8.58. The van der Waals surface area contributed by atoms with Crippen LogP contribution in [0.4, 0.5) is 8.78 Å². The minimum absolute atomic E-state index is 0.150.